The highest BCUT2D eigenvalue weighted by Gasteiger charge is 2.23. The number of thiazole rings is 1. The van der Waals surface area contributed by atoms with Crippen LogP contribution in [-0.4, -0.2) is 17.5 Å². The van der Waals surface area contributed by atoms with E-state index < -0.39 is 0 Å². The summed E-state index contributed by atoms with van der Waals surface area (Å²) in [5.41, 5.74) is 1.84. The Morgan fingerprint density at radius 3 is 2.58 bits per heavy atom. The van der Waals surface area contributed by atoms with Gasteiger partial charge in [0.15, 0.2) is 5.69 Å². The van der Waals surface area contributed by atoms with Gasteiger partial charge in [-0.25, -0.2) is 0 Å². The zero-order valence-electron chi connectivity index (χ0n) is 11.2. The van der Waals surface area contributed by atoms with Crippen molar-refractivity contribution in [2.75, 3.05) is 6.61 Å². The molecule has 0 aliphatic carbocycles. The molecule has 1 aromatic carbocycles. The van der Waals surface area contributed by atoms with Gasteiger partial charge < -0.3 is 5.11 Å². The minimum Gasteiger partial charge on any atom is -0.396 e. The van der Waals surface area contributed by atoms with Crippen LogP contribution in [0.15, 0.2) is 30.3 Å². The highest BCUT2D eigenvalue weighted by atomic mass is 32.1. The van der Waals surface area contributed by atoms with Crippen LogP contribution in [0, 0.1) is 13.8 Å². The van der Waals surface area contributed by atoms with Crippen molar-refractivity contribution in [2.45, 2.75) is 26.8 Å². The largest absolute Gasteiger partial charge is 0.396 e. The summed E-state index contributed by atoms with van der Waals surface area (Å²) in [4.78, 5) is 13.5. The van der Waals surface area contributed by atoms with E-state index in [1.807, 2.05) is 48.7 Å². The maximum absolute atomic E-state index is 12.3. The Morgan fingerprint density at radius 2 is 1.95 bits per heavy atom. The first-order valence-electron chi connectivity index (χ1n) is 6.31. The molecule has 0 saturated carbocycles. The molecule has 2 aromatic rings. The number of aliphatic hydroxyl groups is 1. The van der Waals surface area contributed by atoms with Crippen molar-refractivity contribution in [1.29, 1.82) is 0 Å². The molecule has 0 aliphatic heterocycles. The van der Waals surface area contributed by atoms with Crippen molar-refractivity contribution in [2.24, 2.45) is 0 Å². The van der Waals surface area contributed by atoms with Crippen LogP contribution < -0.4 is 4.57 Å². The van der Waals surface area contributed by atoms with Crippen LogP contribution >= 0.6 is 11.3 Å². The number of rotatable bonds is 5. The van der Waals surface area contributed by atoms with Crippen LogP contribution in [-0.2, 0) is 13.0 Å². The zero-order chi connectivity index (χ0) is 13.8. The first kappa shape index (κ1) is 13.9. The molecule has 0 amide bonds. The topological polar surface area (TPSA) is 41.2 Å². The van der Waals surface area contributed by atoms with Crippen LogP contribution in [0.1, 0.15) is 25.9 Å². The second kappa shape index (κ2) is 6.08. The fourth-order valence-electron chi connectivity index (χ4n) is 2.03. The van der Waals surface area contributed by atoms with Crippen LogP contribution in [0.3, 0.4) is 0 Å². The maximum Gasteiger partial charge on any atom is 0.240 e. The van der Waals surface area contributed by atoms with Crippen molar-refractivity contribution in [3.63, 3.8) is 0 Å². The minimum absolute atomic E-state index is 0.102. The van der Waals surface area contributed by atoms with Crippen molar-refractivity contribution >= 4 is 17.1 Å². The molecule has 0 fully saturated rings. The molecule has 0 unspecified atom stereocenters. The number of nitrogens with zero attached hydrogens (tertiary/aromatic N) is 1. The molecule has 0 spiro atoms. The van der Waals surface area contributed by atoms with E-state index in [4.69, 9.17) is 5.11 Å². The van der Waals surface area contributed by atoms with E-state index in [2.05, 4.69) is 0 Å². The van der Waals surface area contributed by atoms with E-state index in [9.17, 15) is 4.79 Å². The molecule has 0 saturated heterocycles. The normalized spacial score (nSPS) is 10.7. The summed E-state index contributed by atoms with van der Waals surface area (Å²) in [5, 5.41) is 10.2. The number of aromatic nitrogens is 1. The number of aliphatic hydroxyl groups excluding tert-OH is 1. The lowest BCUT2D eigenvalue weighted by atomic mass is 10.1. The SMILES string of the molecule is Cc1sc(CCO)[n+](CC(=O)c2ccccc2)c1C. The third-order valence-electron chi connectivity index (χ3n) is 3.21. The smallest absolute Gasteiger partial charge is 0.240 e. The second-order valence-corrected chi connectivity index (χ2v) is 5.77. The standard InChI is InChI=1S/C15H18NO2S/c1-11-12(2)19-15(8-9-17)16(11)10-14(18)13-6-4-3-5-7-13/h3-7,17H,8-10H2,1-2H3/q+1. The summed E-state index contributed by atoms with van der Waals surface area (Å²) in [6, 6.07) is 9.32. The van der Waals surface area contributed by atoms with Gasteiger partial charge in [0.25, 0.3) is 0 Å². The fraction of sp³-hybridized carbons (Fsp3) is 0.333. The molecule has 0 radical (unpaired) electrons. The predicted octanol–water partition coefficient (Wildman–Crippen LogP) is 2.07. The van der Waals surface area contributed by atoms with E-state index in [0.29, 0.717) is 13.0 Å². The van der Waals surface area contributed by atoms with Gasteiger partial charge in [0.05, 0.1) is 17.9 Å². The van der Waals surface area contributed by atoms with E-state index in [-0.39, 0.29) is 12.4 Å². The number of Topliss-reactive ketones (excluding diaryl/α,β-unsaturated/α-hetero) is 1. The van der Waals surface area contributed by atoms with Crippen LogP contribution in [0.4, 0.5) is 0 Å². The Labute approximate surface area is 117 Å². The molecule has 100 valence electrons. The molecule has 4 heteroatoms. The monoisotopic (exact) mass is 276 g/mol. The summed E-state index contributed by atoms with van der Waals surface area (Å²) in [6.07, 6.45) is 0.599. The first-order chi connectivity index (χ1) is 9.13. The van der Waals surface area contributed by atoms with Gasteiger partial charge in [-0.2, -0.15) is 4.57 Å². The van der Waals surface area contributed by atoms with Crippen molar-refractivity contribution in [3.8, 4) is 0 Å². The Balaban J connectivity index is 2.26. The highest BCUT2D eigenvalue weighted by molar-refractivity contribution is 7.11. The Bertz CT molecular complexity index is 575. The van der Waals surface area contributed by atoms with Gasteiger partial charge in [0.1, 0.15) is 0 Å². The molecule has 0 atom stereocenters. The molecular formula is C15H18NO2S+. The average Bonchev–Trinajstić information content (AvgIpc) is 2.68. The minimum atomic E-state index is 0.102. The summed E-state index contributed by atoms with van der Waals surface area (Å²) in [7, 11) is 0. The number of ketones is 1. The van der Waals surface area contributed by atoms with Crippen LogP contribution in [0.5, 0.6) is 0 Å². The number of hydrogen-bond acceptors (Lipinski definition) is 3. The van der Waals surface area contributed by atoms with Gasteiger partial charge in [0, 0.05) is 12.5 Å². The average molecular weight is 276 g/mol. The van der Waals surface area contributed by atoms with E-state index >= 15 is 0 Å². The maximum atomic E-state index is 12.3. The van der Waals surface area contributed by atoms with Crippen LogP contribution in [0.25, 0.3) is 0 Å². The summed E-state index contributed by atoms with van der Waals surface area (Å²) in [5.74, 6) is 0.102. The zero-order valence-corrected chi connectivity index (χ0v) is 12.0. The Morgan fingerprint density at radius 1 is 1.26 bits per heavy atom. The third-order valence-corrected chi connectivity index (χ3v) is 4.47. The molecular weight excluding hydrogens is 258 g/mol. The molecule has 19 heavy (non-hydrogen) atoms. The molecule has 1 aromatic heterocycles. The number of benzene rings is 1. The van der Waals surface area contributed by atoms with Crippen LogP contribution in [0.2, 0.25) is 0 Å². The molecule has 1 heterocycles. The third kappa shape index (κ3) is 3.08. The van der Waals surface area contributed by atoms with Gasteiger partial charge in [-0.05, 0) is 6.92 Å². The highest BCUT2D eigenvalue weighted by Crippen LogP contribution is 2.15. The van der Waals surface area contributed by atoms with Gasteiger partial charge in [-0.1, -0.05) is 41.7 Å². The van der Waals surface area contributed by atoms with E-state index in [0.717, 1.165) is 16.3 Å². The molecule has 0 bridgehead atoms. The quantitative estimate of drug-likeness (QED) is 0.671. The number of carbonyl (C=O) groups excluding carboxylic acids is 1. The lowest BCUT2D eigenvalue weighted by Crippen LogP contribution is -2.42. The van der Waals surface area contributed by atoms with E-state index in [1.54, 1.807) is 11.3 Å². The molecule has 2 rings (SSSR count). The van der Waals surface area contributed by atoms with Crippen molar-refractivity contribution < 1.29 is 14.5 Å². The van der Waals surface area contributed by atoms with E-state index in [1.165, 1.54) is 4.88 Å². The summed E-state index contributed by atoms with van der Waals surface area (Å²) >= 11 is 1.65. The Kier molecular flexibility index (Phi) is 4.45. The number of carbonyl (C=O) groups is 1. The summed E-state index contributed by atoms with van der Waals surface area (Å²) < 4.78 is 2.02. The molecule has 1 N–H and O–H groups in total. The van der Waals surface area contributed by atoms with Gasteiger partial charge in [-0.15, -0.1) is 0 Å². The Hall–Kier alpha value is -1.52. The van der Waals surface area contributed by atoms with Gasteiger partial charge in [0.2, 0.25) is 17.3 Å². The number of aryl methyl sites for hydroxylation is 1. The fourth-order valence-corrected chi connectivity index (χ4v) is 3.15. The van der Waals surface area contributed by atoms with Gasteiger partial charge in [-0.3, -0.25) is 4.79 Å². The lowest BCUT2D eigenvalue weighted by molar-refractivity contribution is -0.691. The first-order valence-corrected chi connectivity index (χ1v) is 7.13. The van der Waals surface area contributed by atoms with Crippen molar-refractivity contribution in [1.82, 2.24) is 0 Å². The second-order valence-electron chi connectivity index (χ2n) is 4.49. The van der Waals surface area contributed by atoms with Crippen molar-refractivity contribution in [3.05, 3.63) is 51.5 Å². The van der Waals surface area contributed by atoms with Gasteiger partial charge >= 0.3 is 0 Å². The summed E-state index contributed by atoms with van der Waals surface area (Å²) in [6.45, 7) is 4.52. The molecule has 0 aliphatic rings. The lowest BCUT2D eigenvalue weighted by Gasteiger charge is -2.00. The molecule has 3 nitrogen and oxygen atoms in total. The number of hydrogen-bond donors (Lipinski definition) is 1. The predicted molar refractivity (Wildman–Crippen MR) is 75.6 cm³/mol.